The lowest BCUT2D eigenvalue weighted by Crippen LogP contribution is -2.38. The summed E-state index contributed by atoms with van der Waals surface area (Å²) in [6.45, 7) is 2.10. The molecular formula is C13H18N6. The van der Waals surface area contributed by atoms with Crippen LogP contribution in [-0.4, -0.2) is 34.1 Å². The van der Waals surface area contributed by atoms with Crippen LogP contribution in [0.1, 0.15) is 12.8 Å². The Morgan fingerprint density at radius 3 is 3.00 bits per heavy atom. The molecule has 2 aromatic rings. The van der Waals surface area contributed by atoms with Gasteiger partial charge in [-0.1, -0.05) is 0 Å². The second kappa shape index (κ2) is 5.71. The molecule has 4 N–H and O–H groups in total. The lowest BCUT2D eigenvalue weighted by molar-refractivity contribution is 0.479. The van der Waals surface area contributed by atoms with Crippen LogP contribution in [0.3, 0.4) is 0 Å². The summed E-state index contributed by atoms with van der Waals surface area (Å²) < 4.78 is 0. The zero-order valence-electron chi connectivity index (χ0n) is 10.7. The fourth-order valence-electron chi connectivity index (χ4n) is 2.24. The van der Waals surface area contributed by atoms with Crippen LogP contribution >= 0.6 is 0 Å². The topological polar surface area (TPSA) is 77.7 Å². The van der Waals surface area contributed by atoms with Crippen molar-refractivity contribution in [3.63, 3.8) is 0 Å². The summed E-state index contributed by atoms with van der Waals surface area (Å²) in [5.74, 6) is 1.66. The highest BCUT2D eigenvalue weighted by Crippen LogP contribution is 2.16. The average molecular weight is 258 g/mol. The minimum atomic E-state index is 0.448. The van der Waals surface area contributed by atoms with Gasteiger partial charge in [0.15, 0.2) is 0 Å². The Hall–Kier alpha value is -2.08. The van der Waals surface area contributed by atoms with E-state index >= 15 is 0 Å². The fraction of sp³-hybridized carbons (Fsp3) is 0.385. The van der Waals surface area contributed by atoms with Gasteiger partial charge in [0, 0.05) is 31.0 Å². The van der Waals surface area contributed by atoms with Crippen LogP contribution in [0.5, 0.6) is 0 Å². The van der Waals surface area contributed by atoms with Crippen molar-refractivity contribution >= 4 is 17.3 Å². The fourth-order valence-corrected chi connectivity index (χ4v) is 2.24. The first-order valence-corrected chi connectivity index (χ1v) is 6.59. The van der Waals surface area contributed by atoms with Crippen LogP contribution < -0.4 is 16.0 Å². The van der Waals surface area contributed by atoms with Gasteiger partial charge in [-0.3, -0.25) is 0 Å². The molecule has 0 amide bonds. The van der Waals surface area contributed by atoms with Crippen molar-refractivity contribution in [1.82, 2.24) is 20.3 Å². The number of aromatic amines is 1. The highest BCUT2D eigenvalue weighted by atomic mass is 15.1. The molecule has 0 saturated carbocycles. The van der Waals surface area contributed by atoms with E-state index in [2.05, 4.69) is 30.9 Å². The lowest BCUT2D eigenvalue weighted by Gasteiger charge is -2.24. The summed E-state index contributed by atoms with van der Waals surface area (Å²) in [4.78, 5) is 11.5. The molecule has 100 valence electrons. The predicted octanol–water partition coefficient (Wildman–Crippen LogP) is 1.71. The zero-order chi connectivity index (χ0) is 12.9. The van der Waals surface area contributed by atoms with Crippen LogP contribution in [0.4, 0.5) is 17.3 Å². The minimum absolute atomic E-state index is 0.448. The van der Waals surface area contributed by atoms with Gasteiger partial charge in [-0.05, 0) is 25.5 Å². The lowest BCUT2D eigenvalue weighted by atomic mass is 10.1. The Balaban J connectivity index is 1.65. The summed E-state index contributed by atoms with van der Waals surface area (Å²) in [6.07, 6.45) is 7.72. The standard InChI is InChI=1S/C13H18N6/c1-2-10(7-14-4-1)18-12-6-13(17-9-16-12)19-11-3-5-15-8-11/h3,5-6,8-10,14-15H,1-2,4,7H2,(H2,16,17,18,19). The molecule has 6 nitrogen and oxygen atoms in total. The Kier molecular flexibility index (Phi) is 3.60. The Morgan fingerprint density at radius 1 is 1.26 bits per heavy atom. The number of anilines is 3. The van der Waals surface area contributed by atoms with Crippen molar-refractivity contribution in [1.29, 1.82) is 0 Å². The summed E-state index contributed by atoms with van der Waals surface area (Å²) in [6, 6.07) is 4.34. The van der Waals surface area contributed by atoms with Crippen molar-refractivity contribution in [2.24, 2.45) is 0 Å². The highest BCUT2D eigenvalue weighted by molar-refractivity contribution is 5.58. The van der Waals surface area contributed by atoms with E-state index < -0.39 is 0 Å². The van der Waals surface area contributed by atoms with Crippen molar-refractivity contribution in [3.05, 3.63) is 30.9 Å². The molecule has 2 aromatic heterocycles. The second-order valence-corrected chi connectivity index (χ2v) is 4.70. The number of piperidine rings is 1. The quantitative estimate of drug-likeness (QED) is 0.671. The molecule has 3 rings (SSSR count). The molecule has 19 heavy (non-hydrogen) atoms. The van der Waals surface area contributed by atoms with Crippen LogP contribution in [0.25, 0.3) is 0 Å². The maximum absolute atomic E-state index is 4.26. The number of nitrogens with zero attached hydrogens (tertiary/aromatic N) is 2. The smallest absolute Gasteiger partial charge is 0.135 e. The summed E-state index contributed by atoms with van der Waals surface area (Å²) >= 11 is 0. The molecule has 1 aliphatic rings. The molecule has 1 fully saturated rings. The Morgan fingerprint density at radius 2 is 2.21 bits per heavy atom. The maximum Gasteiger partial charge on any atom is 0.135 e. The number of H-pyrrole nitrogens is 1. The van der Waals surface area contributed by atoms with E-state index in [1.807, 2.05) is 24.5 Å². The Bertz CT molecular complexity index is 504. The van der Waals surface area contributed by atoms with Crippen molar-refractivity contribution < 1.29 is 0 Å². The van der Waals surface area contributed by atoms with Crippen LogP contribution in [0, 0.1) is 0 Å². The molecule has 6 heteroatoms. The van der Waals surface area contributed by atoms with Gasteiger partial charge in [0.25, 0.3) is 0 Å². The number of hydrogen-bond acceptors (Lipinski definition) is 5. The van der Waals surface area contributed by atoms with E-state index in [0.29, 0.717) is 6.04 Å². The third kappa shape index (κ3) is 3.23. The number of aromatic nitrogens is 3. The summed E-state index contributed by atoms with van der Waals surface area (Å²) in [5.41, 5.74) is 0.990. The largest absolute Gasteiger partial charge is 0.366 e. The van der Waals surface area contributed by atoms with Gasteiger partial charge >= 0.3 is 0 Å². The summed E-state index contributed by atoms with van der Waals surface area (Å²) in [7, 11) is 0. The van der Waals surface area contributed by atoms with Crippen LogP contribution in [0.2, 0.25) is 0 Å². The van der Waals surface area contributed by atoms with Crippen LogP contribution in [0.15, 0.2) is 30.9 Å². The molecule has 0 spiro atoms. The van der Waals surface area contributed by atoms with Crippen molar-refractivity contribution in [2.45, 2.75) is 18.9 Å². The first kappa shape index (κ1) is 12.0. The summed E-state index contributed by atoms with van der Waals surface area (Å²) in [5, 5.41) is 10.0. The molecule has 1 atom stereocenters. The number of hydrogen-bond donors (Lipinski definition) is 4. The monoisotopic (exact) mass is 258 g/mol. The second-order valence-electron chi connectivity index (χ2n) is 4.70. The SMILES string of the molecule is c1nc(Nc2cc[nH]c2)cc(NC2CCCNC2)n1. The molecule has 0 aromatic carbocycles. The molecule has 0 aliphatic carbocycles. The van der Waals surface area contributed by atoms with Gasteiger partial charge in [-0.15, -0.1) is 0 Å². The van der Waals surface area contributed by atoms with E-state index in [4.69, 9.17) is 0 Å². The van der Waals surface area contributed by atoms with Crippen molar-refractivity contribution in [3.8, 4) is 0 Å². The molecule has 0 radical (unpaired) electrons. The molecule has 1 aliphatic heterocycles. The maximum atomic E-state index is 4.26. The van der Waals surface area contributed by atoms with Gasteiger partial charge in [0.1, 0.15) is 18.0 Å². The van der Waals surface area contributed by atoms with Gasteiger partial charge in [-0.25, -0.2) is 9.97 Å². The van der Waals surface area contributed by atoms with E-state index in [-0.39, 0.29) is 0 Å². The van der Waals surface area contributed by atoms with E-state index in [9.17, 15) is 0 Å². The van der Waals surface area contributed by atoms with Crippen LogP contribution in [-0.2, 0) is 0 Å². The van der Waals surface area contributed by atoms with Gasteiger partial charge in [0.2, 0.25) is 0 Å². The molecule has 1 unspecified atom stereocenters. The molecule has 0 bridgehead atoms. The number of rotatable bonds is 4. The molecular weight excluding hydrogens is 240 g/mol. The molecule has 3 heterocycles. The molecule has 1 saturated heterocycles. The average Bonchev–Trinajstić information content (AvgIpc) is 2.93. The number of nitrogens with one attached hydrogen (secondary N) is 4. The van der Waals surface area contributed by atoms with E-state index in [1.165, 1.54) is 12.8 Å². The van der Waals surface area contributed by atoms with E-state index in [1.54, 1.807) is 6.33 Å². The predicted molar refractivity (Wildman–Crippen MR) is 75.6 cm³/mol. The van der Waals surface area contributed by atoms with Gasteiger partial charge in [0.05, 0.1) is 5.69 Å². The van der Waals surface area contributed by atoms with E-state index in [0.717, 1.165) is 30.4 Å². The third-order valence-electron chi connectivity index (χ3n) is 3.19. The zero-order valence-corrected chi connectivity index (χ0v) is 10.7. The minimum Gasteiger partial charge on any atom is -0.366 e. The third-order valence-corrected chi connectivity index (χ3v) is 3.19. The van der Waals surface area contributed by atoms with Crippen molar-refractivity contribution in [2.75, 3.05) is 23.7 Å². The van der Waals surface area contributed by atoms with Gasteiger partial charge < -0.3 is 20.9 Å². The normalized spacial score (nSPS) is 19.1. The Labute approximate surface area is 112 Å². The van der Waals surface area contributed by atoms with Gasteiger partial charge in [-0.2, -0.15) is 0 Å². The first-order valence-electron chi connectivity index (χ1n) is 6.59. The highest BCUT2D eigenvalue weighted by Gasteiger charge is 2.13. The first-order chi connectivity index (χ1) is 9.40.